The summed E-state index contributed by atoms with van der Waals surface area (Å²) < 4.78 is 26.3. The molecule has 72 valence electrons. The lowest BCUT2D eigenvalue weighted by atomic mass is 10.1. The van der Waals surface area contributed by atoms with Crippen LogP contribution < -0.4 is 5.73 Å². The van der Waals surface area contributed by atoms with Crippen LogP contribution in [0.4, 0.5) is 8.78 Å². The van der Waals surface area contributed by atoms with E-state index in [1.54, 1.807) is 6.92 Å². The SMILES string of the molecule is CC(N)Cc1ccc(Br)c(F)c1F. The van der Waals surface area contributed by atoms with Crippen LogP contribution in [-0.4, -0.2) is 6.04 Å². The Morgan fingerprint density at radius 3 is 2.54 bits per heavy atom. The summed E-state index contributed by atoms with van der Waals surface area (Å²) >= 11 is 2.90. The summed E-state index contributed by atoms with van der Waals surface area (Å²) in [5.41, 5.74) is 5.80. The van der Waals surface area contributed by atoms with Crippen molar-refractivity contribution in [2.24, 2.45) is 5.73 Å². The molecule has 1 nitrogen and oxygen atoms in total. The lowest BCUT2D eigenvalue weighted by Gasteiger charge is -2.07. The van der Waals surface area contributed by atoms with E-state index >= 15 is 0 Å². The first kappa shape index (κ1) is 10.6. The van der Waals surface area contributed by atoms with E-state index in [2.05, 4.69) is 15.9 Å². The third kappa shape index (κ3) is 2.48. The highest BCUT2D eigenvalue weighted by molar-refractivity contribution is 9.10. The van der Waals surface area contributed by atoms with Gasteiger partial charge in [0.25, 0.3) is 0 Å². The molecule has 0 amide bonds. The molecule has 1 rings (SSSR count). The Morgan fingerprint density at radius 2 is 2.00 bits per heavy atom. The Morgan fingerprint density at radius 1 is 1.38 bits per heavy atom. The molecule has 2 N–H and O–H groups in total. The molecule has 0 aromatic heterocycles. The second-order valence-electron chi connectivity index (χ2n) is 3.02. The number of benzene rings is 1. The highest BCUT2D eigenvalue weighted by Gasteiger charge is 2.12. The van der Waals surface area contributed by atoms with Gasteiger partial charge < -0.3 is 5.73 Å². The standard InChI is InChI=1S/C9H10BrF2N/c1-5(13)4-6-2-3-7(10)9(12)8(6)11/h2-3,5H,4,13H2,1H3. The Balaban J connectivity index is 3.04. The third-order valence-electron chi connectivity index (χ3n) is 1.66. The van der Waals surface area contributed by atoms with Gasteiger partial charge in [-0.05, 0) is 40.9 Å². The van der Waals surface area contributed by atoms with Crippen LogP contribution in [0.15, 0.2) is 16.6 Å². The molecule has 0 fully saturated rings. The van der Waals surface area contributed by atoms with E-state index in [-0.39, 0.29) is 10.5 Å². The fraction of sp³-hybridized carbons (Fsp3) is 0.333. The number of hydrogen-bond acceptors (Lipinski definition) is 1. The van der Waals surface area contributed by atoms with Crippen LogP contribution in [-0.2, 0) is 6.42 Å². The summed E-state index contributed by atoms with van der Waals surface area (Å²) in [4.78, 5) is 0. The lowest BCUT2D eigenvalue weighted by molar-refractivity contribution is 0.491. The maximum atomic E-state index is 13.2. The summed E-state index contributed by atoms with van der Waals surface area (Å²) in [6, 6.07) is 2.84. The molecule has 0 spiro atoms. The van der Waals surface area contributed by atoms with Gasteiger partial charge in [0.05, 0.1) is 4.47 Å². The predicted octanol–water partition coefficient (Wildman–Crippen LogP) is 2.62. The zero-order chi connectivity index (χ0) is 10.0. The molecule has 1 aromatic carbocycles. The largest absolute Gasteiger partial charge is 0.328 e. The normalized spacial score (nSPS) is 13.0. The molecule has 0 aliphatic carbocycles. The van der Waals surface area contributed by atoms with Gasteiger partial charge >= 0.3 is 0 Å². The lowest BCUT2D eigenvalue weighted by Crippen LogP contribution is -2.18. The topological polar surface area (TPSA) is 26.0 Å². The first-order valence-corrected chi connectivity index (χ1v) is 4.69. The fourth-order valence-corrected chi connectivity index (χ4v) is 1.38. The van der Waals surface area contributed by atoms with E-state index in [9.17, 15) is 8.78 Å². The van der Waals surface area contributed by atoms with Gasteiger partial charge in [-0.3, -0.25) is 0 Å². The first-order chi connectivity index (χ1) is 6.02. The van der Waals surface area contributed by atoms with Crippen LogP contribution in [0.5, 0.6) is 0 Å². The maximum absolute atomic E-state index is 13.2. The molecule has 0 aliphatic heterocycles. The van der Waals surface area contributed by atoms with Crippen molar-refractivity contribution < 1.29 is 8.78 Å². The highest BCUT2D eigenvalue weighted by Crippen LogP contribution is 2.21. The second kappa shape index (κ2) is 4.15. The molecule has 1 unspecified atom stereocenters. The molecular weight excluding hydrogens is 240 g/mol. The molecule has 4 heteroatoms. The highest BCUT2D eigenvalue weighted by atomic mass is 79.9. The average Bonchev–Trinajstić information content (AvgIpc) is 2.06. The molecule has 0 bridgehead atoms. The predicted molar refractivity (Wildman–Crippen MR) is 51.4 cm³/mol. The molecule has 0 radical (unpaired) electrons. The quantitative estimate of drug-likeness (QED) is 0.802. The van der Waals surface area contributed by atoms with Gasteiger partial charge in [-0.2, -0.15) is 0 Å². The van der Waals surface area contributed by atoms with Gasteiger partial charge in [-0.1, -0.05) is 6.07 Å². The van der Waals surface area contributed by atoms with Crippen molar-refractivity contribution in [1.29, 1.82) is 0 Å². The minimum atomic E-state index is -0.849. The number of halogens is 3. The smallest absolute Gasteiger partial charge is 0.173 e. The first-order valence-electron chi connectivity index (χ1n) is 3.90. The Kier molecular flexibility index (Phi) is 3.39. The third-order valence-corrected chi connectivity index (χ3v) is 2.27. The Hall–Kier alpha value is -0.480. The van der Waals surface area contributed by atoms with Gasteiger partial charge in [0.15, 0.2) is 11.6 Å². The van der Waals surface area contributed by atoms with Crippen molar-refractivity contribution in [3.05, 3.63) is 33.8 Å². The van der Waals surface area contributed by atoms with Crippen molar-refractivity contribution in [2.75, 3.05) is 0 Å². The Bertz CT molecular complexity index is 313. The van der Waals surface area contributed by atoms with E-state index in [1.807, 2.05) is 0 Å². The summed E-state index contributed by atoms with van der Waals surface area (Å²) in [5, 5.41) is 0. The van der Waals surface area contributed by atoms with Gasteiger partial charge in [0.1, 0.15) is 0 Å². The summed E-state index contributed by atoms with van der Waals surface area (Å²) in [6.45, 7) is 1.75. The van der Waals surface area contributed by atoms with E-state index in [1.165, 1.54) is 12.1 Å². The molecule has 1 aromatic rings. The van der Waals surface area contributed by atoms with Crippen LogP contribution in [0.1, 0.15) is 12.5 Å². The molecule has 0 heterocycles. The minimum Gasteiger partial charge on any atom is -0.328 e. The van der Waals surface area contributed by atoms with Crippen molar-refractivity contribution in [2.45, 2.75) is 19.4 Å². The molecule has 0 saturated carbocycles. The molecular formula is C9H10BrF2N. The van der Waals surface area contributed by atoms with Crippen LogP contribution in [0.2, 0.25) is 0 Å². The summed E-state index contributed by atoms with van der Waals surface area (Å²) in [6.07, 6.45) is 0.343. The Labute approximate surface area is 84.1 Å². The van der Waals surface area contributed by atoms with Gasteiger partial charge in [-0.25, -0.2) is 8.78 Å². The fourth-order valence-electron chi connectivity index (χ4n) is 1.07. The number of rotatable bonds is 2. The van der Waals surface area contributed by atoms with E-state index < -0.39 is 11.6 Å². The second-order valence-corrected chi connectivity index (χ2v) is 3.87. The molecule has 1 atom stereocenters. The number of nitrogens with two attached hydrogens (primary N) is 1. The van der Waals surface area contributed by atoms with E-state index in [4.69, 9.17) is 5.73 Å². The van der Waals surface area contributed by atoms with Crippen molar-refractivity contribution in [3.8, 4) is 0 Å². The van der Waals surface area contributed by atoms with Crippen LogP contribution in [0.25, 0.3) is 0 Å². The van der Waals surface area contributed by atoms with Gasteiger partial charge in [0.2, 0.25) is 0 Å². The summed E-state index contributed by atoms with van der Waals surface area (Å²) in [5.74, 6) is -1.66. The van der Waals surface area contributed by atoms with E-state index in [0.717, 1.165) is 0 Å². The monoisotopic (exact) mass is 249 g/mol. The number of hydrogen-bond donors (Lipinski definition) is 1. The summed E-state index contributed by atoms with van der Waals surface area (Å²) in [7, 11) is 0. The van der Waals surface area contributed by atoms with Crippen LogP contribution >= 0.6 is 15.9 Å². The van der Waals surface area contributed by atoms with Crippen molar-refractivity contribution in [3.63, 3.8) is 0 Å². The molecule has 0 saturated heterocycles. The van der Waals surface area contributed by atoms with Crippen LogP contribution in [0.3, 0.4) is 0 Å². The van der Waals surface area contributed by atoms with E-state index in [0.29, 0.717) is 12.0 Å². The van der Waals surface area contributed by atoms with Gasteiger partial charge in [-0.15, -0.1) is 0 Å². The minimum absolute atomic E-state index is 0.137. The molecule has 13 heavy (non-hydrogen) atoms. The average molecular weight is 250 g/mol. The molecule has 0 aliphatic rings. The van der Waals surface area contributed by atoms with Crippen LogP contribution in [0, 0.1) is 11.6 Å². The maximum Gasteiger partial charge on any atom is 0.173 e. The zero-order valence-electron chi connectivity index (χ0n) is 7.15. The van der Waals surface area contributed by atoms with Crippen molar-refractivity contribution >= 4 is 15.9 Å². The van der Waals surface area contributed by atoms with Crippen molar-refractivity contribution in [1.82, 2.24) is 0 Å². The van der Waals surface area contributed by atoms with Gasteiger partial charge in [0, 0.05) is 6.04 Å². The zero-order valence-corrected chi connectivity index (χ0v) is 8.74.